The van der Waals surface area contributed by atoms with Crippen LogP contribution < -0.4 is 4.90 Å². The van der Waals surface area contributed by atoms with E-state index in [2.05, 4.69) is 22.0 Å². The molecule has 0 spiro atoms. The predicted octanol–water partition coefficient (Wildman–Crippen LogP) is 1.76. The fourth-order valence-electron chi connectivity index (χ4n) is 2.47. The van der Waals surface area contributed by atoms with Crippen LogP contribution in [0.5, 0.6) is 0 Å². The van der Waals surface area contributed by atoms with Crippen LogP contribution in [0.2, 0.25) is 0 Å². The Labute approximate surface area is 90.1 Å². The molecule has 0 amide bonds. The van der Waals surface area contributed by atoms with E-state index in [0.29, 0.717) is 12.2 Å². The highest BCUT2D eigenvalue weighted by Crippen LogP contribution is 2.29. The van der Waals surface area contributed by atoms with Crippen molar-refractivity contribution in [3.8, 4) is 0 Å². The third-order valence-electron chi connectivity index (χ3n) is 3.30. The van der Waals surface area contributed by atoms with E-state index in [0.717, 1.165) is 18.8 Å². The van der Waals surface area contributed by atoms with Crippen LogP contribution >= 0.6 is 0 Å². The minimum atomic E-state index is 0.449. The quantitative estimate of drug-likeness (QED) is 0.697. The Morgan fingerprint density at radius 1 is 1.27 bits per heavy atom. The van der Waals surface area contributed by atoms with E-state index in [1.807, 2.05) is 13.1 Å². The lowest BCUT2D eigenvalue weighted by Crippen LogP contribution is -2.42. The van der Waals surface area contributed by atoms with Gasteiger partial charge in [0.15, 0.2) is 0 Å². The highest BCUT2D eigenvalue weighted by Gasteiger charge is 2.33. The van der Waals surface area contributed by atoms with E-state index < -0.39 is 0 Å². The summed E-state index contributed by atoms with van der Waals surface area (Å²) in [6.07, 6.45) is 5.32. The molecule has 3 nitrogen and oxygen atoms in total. The van der Waals surface area contributed by atoms with E-state index in [9.17, 15) is 0 Å². The summed E-state index contributed by atoms with van der Waals surface area (Å²) in [6.45, 7) is 4.08. The van der Waals surface area contributed by atoms with Crippen molar-refractivity contribution in [2.45, 2.75) is 32.0 Å². The standard InChI is InChI=1S/C12H16N2O/c1-9-2-3-10(6-13-9)14-7-11-4-5-12(8-14)15-11/h2-3,6,11-12H,4-5,7-8H2,1H3. The van der Waals surface area contributed by atoms with Crippen LogP contribution in [-0.4, -0.2) is 30.3 Å². The van der Waals surface area contributed by atoms with Crippen LogP contribution in [0.3, 0.4) is 0 Å². The van der Waals surface area contributed by atoms with Crippen LogP contribution in [0.25, 0.3) is 0 Å². The fraction of sp³-hybridized carbons (Fsp3) is 0.583. The first-order chi connectivity index (χ1) is 7.31. The van der Waals surface area contributed by atoms with Gasteiger partial charge in [-0.15, -0.1) is 0 Å². The summed E-state index contributed by atoms with van der Waals surface area (Å²) in [4.78, 5) is 6.74. The van der Waals surface area contributed by atoms with Crippen LogP contribution in [0, 0.1) is 6.92 Å². The first kappa shape index (κ1) is 9.16. The Morgan fingerprint density at radius 3 is 2.60 bits per heavy atom. The van der Waals surface area contributed by atoms with Crippen molar-refractivity contribution in [3.05, 3.63) is 24.0 Å². The minimum absolute atomic E-state index is 0.449. The number of fused-ring (bicyclic) bond motifs is 2. The molecule has 1 aromatic heterocycles. The molecule has 1 aromatic rings. The second-order valence-electron chi connectivity index (χ2n) is 4.52. The molecule has 3 heteroatoms. The maximum atomic E-state index is 5.81. The van der Waals surface area contributed by atoms with Gasteiger partial charge in [0.1, 0.15) is 0 Å². The van der Waals surface area contributed by atoms with Gasteiger partial charge in [0.05, 0.1) is 24.1 Å². The summed E-state index contributed by atoms with van der Waals surface area (Å²) in [7, 11) is 0. The number of pyridine rings is 1. The maximum absolute atomic E-state index is 5.81. The molecule has 0 radical (unpaired) electrons. The number of morpholine rings is 1. The number of hydrogen-bond acceptors (Lipinski definition) is 3. The van der Waals surface area contributed by atoms with Gasteiger partial charge >= 0.3 is 0 Å². The number of aromatic nitrogens is 1. The van der Waals surface area contributed by atoms with Crippen molar-refractivity contribution < 1.29 is 4.74 Å². The molecule has 2 aliphatic heterocycles. The highest BCUT2D eigenvalue weighted by molar-refractivity contribution is 5.45. The molecule has 15 heavy (non-hydrogen) atoms. The fourth-order valence-corrected chi connectivity index (χ4v) is 2.47. The number of nitrogens with zero attached hydrogens (tertiary/aromatic N) is 2. The van der Waals surface area contributed by atoms with Crippen LogP contribution in [-0.2, 0) is 4.74 Å². The Bertz CT molecular complexity index is 337. The molecule has 3 heterocycles. The highest BCUT2D eigenvalue weighted by atomic mass is 16.5. The maximum Gasteiger partial charge on any atom is 0.0755 e. The SMILES string of the molecule is Cc1ccc(N2CC3CCC(C2)O3)cn1. The summed E-state index contributed by atoms with van der Waals surface area (Å²) >= 11 is 0. The lowest BCUT2D eigenvalue weighted by Gasteiger charge is -2.33. The number of anilines is 1. The molecule has 2 bridgehead atoms. The zero-order valence-corrected chi connectivity index (χ0v) is 9.02. The van der Waals surface area contributed by atoms with Crippen molar-refractivity contribution in [2.75, 3.05) is 18.0 Å². The molecule has 2 saturated heterocycles. The average molecular weight is 204 g/mol. The second kappa shape index (κ2) is 3.49. The van der Waals surface area contributed by atoms with Crippen LogP contribution in [0.1, 0.15) is 18.5 Å². The van der Waals surface area contributed by atoms with Gasteiger partial charge in [-0.1, -0.05) is 0 Å². The van der Waals surface area contributed by atoms with Gasteiger partial charge in [0.25, 0.3) is 0 Å². The third-order valence-corrected chi connectivity index (χ3v) is 3.30. The van der Waals surface area contributed by atoms with Crippen molar-refractivity contribution >= 4 is 5.69 Å². The summed E-state index contributed by atoms with van der Waals surface area (Å²) in [5.41, 5.74) is 2.32. The molecule has 80 valence electrons. The minimum Gasteiger partial charge on any atom is -0.371 e. The normalized spacial score (nSPS) is 29.5. The molecule has 0 aliphatic carbocycles. The predicted molar refractivity (Wildman–Crippen MR) is 59.1 cm³/mol. The Hall–Kier alpha value is -1.09. The Morgan fingerprint density at radius 2 is 2.00 bits per heavy atom. The molecule has 0 N–H and O–H groups in total. The van der Waals surface area contributed by atoms with Gasteiger partial charge in [0.2, 0.25) is 0 Å². The van der Waals surface area contributed by atoms with E-state index in [4.69, 9.17) is 4.74 Å². The lowest BCUT2D eigenvalue weighted by molar-refractivity contribution is 0.0305. The summed E-state index contributed by atoms with van der Waals surface area (Å²) in [6, 6.07) is 4.24. The van der Waals surface area contributed by atoms with E-state index in [-0.39, 0.29) is 0 Å². The molecule has 2 unspecified atom stereocenters. The summed E-state index contributed by atoms with van der Waals surface area (Å²) in [5.74, 6) is 0. The van der Waals surface area contributed by atoms with Gasteiger partial charge in [0, 0.05) is 18.8 Å². The van der Waals surface area contributed by atoms with Gasteiger partial charge in [-0.25, -0.2) is 0 Å². The number of rotatable bonds is 1. The van der Waals surface area contributed by atoms with Crippen molar-refractivity contribution in [1.29, 1.82) is 0 Å². The molecule has 3 rings (SSSR count). The van der Waals surface area contributed by atoms with Gasteiger partial charge in [-0.2, -0.15) is 0 Å². The average Bonchev–Trinajstić information content (AvgIpc) is 2.59. The monoisotopic (exact) mass is 204 g/mol. The lowest BCUT2D eigenvalue weighted by atomic mass is 10.2. The van der Waals surface area contributed by atoms with E-state index in [1.165, 1.54) is 18.5 Å². The molecule has 0 saturated carbocycles. The van der Waals surface area contributed by atoms with E-state index >= 15 is 0 Å². The smallest absolute Gasteiger partial charge is 0.0755 e. The largest absolute Gasteiger partial charge is 0.371 e. The van der Waals surface area contributed by atoms with Crippen LogP contribution in [0.15, 0.2) is 18.3 Å². The van der Waals surface area contributed by atoms with Gasteiger partial charge in [-0.3, -0.25) is 4.98 Å². The third kappa shape index (κ3) is 1.72. The molecule has 2 fully saturated rings. The molecule has 2 atom stereocenters. The van der Waals surface area contributed by atoms with Crippen LogP contribution in [0.4, 0.5) is 5.69 Å². The molecular weight excluding hydrogens is 188 g/mol. The first-order valence-corrected chi connectivity index (χ1v) is 5.64. The summed E-state index contributed by atoms with van der Waals surface area (Å²) in [5, 5.41) is 0. The zero-order valence-electron chi connectivity index (χ0n) is 9.02. The topological polar surface area (TPSA) is 25.4 Å². The van der Waals surface area contributed by atoms with E-state index in [1.54, 1.807) is 0 Å². The molecule has 2 aliphatic rings. The molecular formula is C12H16N2O. The first-order valence-electron chi connectivity index (χ1n) is 5.64. The number of ether oxygens (including phenoxy) is 1. The summed E-state index contributed by atoms with van der Waals surface area (Å²) < 4.78 is 5.81. The Balaban J connectivity index is 1.80. The molecule has 0 aromatic carbocycles. The second-order valence-corrected chi connectivity index (χ2v) is 4.52. The Kier molecular flexibility index (Phi) is 2.13. The number of aryl methyl sites for hydroxylation is 1. The van der Waals surface area contributed by atoms with Crippen molar-refractivity contribution in [1.82, 2.24) is 4.98 Å². The zero-order chi connectivity index (χ0) is 10.3. The van der Waals surface area contributed by atoms with Gasteiger partial charge < -0.3 is 9.64 Å². The van der Waals surface area contributed by atoms with Crippen molar-refractivity contribution in [2.24, 2.45) is 0 Å². The van der Waals surface area contributed by atoms with Gasteiger partial charge in [-0.05, 0) is 31.9 Å². The van der Waals surface area contributed by atoms with Crippen molar-refractivity contribution in [3.63, 3.8) is 0 Å². The number of hydrogen-bond donors (Lipinski definition) is 0.